The molecule has 7 nitrogen and oxygen atoms in total. The Morgan fingerprint density at radius 1 is 1.19 bits per heavy atom. The van der Waals surface area contributed by atoms with Crippen molar-refractivity contribution in [1.82, 2.24) is 24.5 Å². The molecule has 5 heterocycles. The number of hydrogen-bond acceptors (Lipinski definition) is 5. The highest BCUT2D eigenvalue weighted by atomic mass is 32.1. The smallest absolute Gasteiger partial charge is 0.410 e. The highest BCUT2D eigenvalue weighted by Crippen LogP contribution is 2.52. The van der Waals surface area contributed by atoms with Crippen LogP contribution >= 0.6 is 11.3 Å². The lowest BCUT2D eigenvalue weighted by atomic mass is 9.84. The van der Waals surface area contributed by atoms with Crippen LogP contribution in [0.15, 0.2) is 24.7 Å². The van der Waals surface area contributed by atoms with Crippen LogP contribution in [0.1, 0.15) is 75.3 Å². The summed E-state index contributed by atoms with van der Waals surface area (Å²) in [6.45, 7) is 14.0. The van der Waals surface area contributed by atoms with Crippen molar-refractivity contribution in [3.05, 3.63) is 40.7 Å². The third-order valence-electron chi connectivity index (χ3n) is 7.76. The predicted octanol–water partition coefficient (Wildman–Crippen LogP) is 6.73. The van der Waals surface area contributed by atoms with Gasteiger partial charge in [-0.15, -0.1) is 11.3 Å². The number of piperidine rings is 1. The third-order valence-corrected chi connectivity index (χ3v) is 9.03. The normalized spacial score (nSPS) is 22.3. The van der Waals surface area contributed by atoms with E-state index in [2.05, 4.69) is 54.2 Å². The van der Waals surface area contributed by atoms with Gasteiger partial charge in [0.1, 0.15) is 11.9 Å². The first-order valence-electron chi connectivity index (χ1n) is 13.0. The average Bonchev–Trinajstić information content (AvgIpc) is 3.53. The molecular weight excluding hydrogens is 470 g/mol. The van der Waals surface area contributed by atoms with Gasteiger partial charge in [-0.3, -0.25) is 0 Å². The Labute approximate surface area is 215 Å². The molecule has 36 heavy (non-hydrogen) atoms. The van der Waals surface area contributed by atoms with Crippen LogP contribution in [-0.4, -0.2) is 49.3 Å². The molecule has 190 valence electrons. The summed E-state index contributed by atoms with van der Waals surface area (Å²) < 4.78 is 8.91. The highest BCUT2D eigenvalue weighted by molar-refractivity contribution is 7.19. The number of carbonyl (C=O) groups excluding carboxylic acids is 1. The van der Waals surface area contributed by atoms with E-state index in [1.807, 2.05) is 41.5 Å². The van der Waals surface area contributed by atoms with Crippen LogP contribution < -0.4 is 0 Å². The van der Waals surface area contributed by atoms with Gasteiger partial charge in [-0.25, -0.2) is 14.3 Å². The van der Waals surface area contributed by atoms with E-state index >= 15 is 0 Å². The number of ether oxygens (including phenoxy) is 1. The molecule has 2 aliphatic rings. The fourth-order valence-electron chi connectivity index (χ4n) is 6.35. The number of amides is 1. The van der Waals surface area contributed by atoms with E-state index in [0.29, 0.717) is 23.7 Å². The molecule has 2 fully saturated rings. The summed E-state index contributed by atoms with van der Waals surface area (Å²) in [6.07, 6.45) is 5.88. The summed E-state index contributed by atoms with van der Waals surface area (Å²) in [4.78, 5) is 24.3. The number of thiophene rings is 1. The fourth-order valence-corrected chi connectivity index (χ4v) is 7.96. The fraction of sp³-hybridized carbons (Fsp3) is 0.536. The number of carbonyl (C=O) groups is 1. The Hall–Kier alpha value is -2.87. The zero-order valence-electron chi connectivity index (χ0n) is 22.0. The van der Waals surface area contributed by atoms with Crippen LogP contribution in [0.4, 0.5) is 4.79 Å². The SMILES string of the molecule is Cc1cc(-c2[nH]c3cc(C4C5CCC4CN(C(=O)OC(C)(C)C)C5)sc3c2C(C)C)cn2ncnc12. The maximum Gasteiger partial charge on any atom is 0.410 e. The standard InChI is InChI=1S/C28H35N5O2S/c1-15(2)22-24(19-9-16(3)26-29-14-30-33(26)13-19)31-20-10-21(36-25(20)22)23-17-7-8-18(23)12-32(11-17)27(34)35-28(4,5)6/h9-10,13-15,17-18,23,31H,7-8,11-12H2,1-6H3. The highest BCUT2D eigenvalue weighted by Gasteiger charge is 2.45. The Morgan fingerprint density at radius 3 is 2.58 bits per heavy atom. The number of aromatic amines is 1. The van der Waals surface area contributed by atoms with E-state index < -0.39 is 5.60 Å². The van der Waals surface area contributed by atoms with Crippen molar-refractivity contribution in [3.8, 4) is 11.3 Å². The van der Waals surface area contributed by atoms with Crippen LogP contribution in [0.2, 0.25) is 0 Å². The van der Waals surface area contributed by atoms with Crippen molar-refractivity contribution in [3.63, 3.8) is 0 Å². The number of likely N-dealkylation sites (tertiary alicyclic amines) is 1. The minimum absolute atomic E-state index is 0.164. The number of aryl methyl sites for hydroxylation is 1. The van der Waals surface area contributed by atoms with Crippen molar-refractivity contribution in [2.45, 2.75) is 71.8 Å². The molecule has 2 atom stereocenters. The zero-order chi connectivity index (χ0) is 25.4. The summed E-state index contributed by atoms with van der Waals surface area (Å²) in [7, 11) is 0. The van der Waals surface area contributed by atoms with E-state index in [-0.39, 0.29) is 6.09 Å². The van der Waals surface area contributed by atoms with Gasteiger partial charge in [-0.05, 0) is 81.5 Å². The minimum atomic E-state index is -0.457. The Bertz CT molecular complexity index is 1440. The first-order chi connectivity index (χ1) is 17.1. The number of rotatable bonds is 3. The number of nitrogens with zero attached hydrogens (tertiary/aromatic N) is 4. The molecule has 0 aromatic carbocycles. The van der Waals surface area contributed by atoms with Crippen molar-refractivity contribution in [1.29, 1.82) is 0 Å². The van der Waals surface area contributed by atoms with Crippen LogP contribution in [0.3, 0.4) is 0 Å². The Morgan fingerprint density at radius 2 is 1.92 bits per heavy atom. The van der Waals surface area contributed by atoms with Gasteiger partial charge in [-0.2, -0.15) is 5.10 Å². The zero-order valence-corrected chi connectivity index (χ0v) is 22.8. The predicted molar refractivity (Wildman–Crippen MR) is 144 cm³/mol. The monoisotopic (exact) mass is 505 g/mol. The second kappa shape index (κ2) is 8.33. The number of hydrogen-bond donors (Lipinski definition) is 1. The topological polar surface area (TPSA) is 75.5 Å². The van der Waals surface area contributed by atoms with Gasteiger partial charge in [0, 0.05) is 35.6 Å². The summed E-state index contributed by atoms with van der Waals surface area (Å²) in [5, 5.41) is 4.38. The van der Waals surface area contributed by atoms with E-state index in [1.54, 1.807) is 6.33 Å². The van der Waals surface area contributed by atoms with Gasteiger partial charge >= 0.3 is 6.09 Å². The molecule has 4 aromatic heterocycles. The maximum absolute atomic E-state index is 12.7. The van der Waals surface area contributed by atoms with Crippen LogP contribution in [0.5, 0.6) is 0 Å². The van der Waals surface area contributed by atoms with Gasteiger partial charge in [0.05, 0.1) is 15.9 Å². The summed E-state index contributed by atoms with van der Waals surface area (Å²) >= 11 is 1.95. The molecule has 2 bridgehead atoms. The lowest BCUT2D eigenvalue weighted by Gasteiger charge is -2.38. The van der Waals surface area contributed by atoms with Crippen LogP contribution in [0.25, 0.3) is 27.1 Å². The largest absolute Gasteiger partial charge is 0.444 e. The van der Waals surface area contributed by atoms with E-state index in [9.17, 15) is 4.79 Å². The summed E-state index contributed by atoms with van der Waals surface area (Å²) in [6, 6.07) is 4.59. The van der Waals surface area contributed by atoms with E-state index in [0.717, 1.165) is 29.9 Å². The van der Waals surface area contributed by atoms with Gasteiger partial charge in [0.15, 0.2) is 5.65 Å². The Kier molecular flexibility index (Phi) is 5.44. The van der Waals surface area contributed by atoms with Crippen LogP contribution in [-0.2, 0) is 4.74 Å². The van der Waals surface area contributed by atoms with Crippen molar-refractivity contribution in [2.75, 3.05) is 13.1 Å². The van der Waals surface area contributed by atoms with E-state index in [1.165, 1.54) is 39.2 Å². The molecule has 4 aromatic rings. The number of H-pyrrole nitrogens is 1. The van der Waals surface area contributed by atoms with Gasteiger partial charge in [-0.1, -0.05) is 13.8 Å². The second-order valence-corrected chi connectivity index (χ2v) is 13.0. The lowest BCUT2D eigenvalue weighted by molar-refractivity contribution is 0.0131. The molecule has 6 rings (SSSR count). The van der Waals surface area contributed by atoms with Crippen molar-refractivity contribution >= 4 is 33.3 Å². The third kappa shape index (κ3) is 3.90. The molecule has 1 saturated carbocycles. The van der Waals surface area contributed by atoms with Crippen molar-refractivity contribution in [2.24, 2.45) is 11.8 Å². The maximum atomic E-state index is 12.7. The summed E-state index contributed by atoms with van der Waals surface area (Å²) in [5.74, 6) is 1.90. The molecule has 1 saturated heterocycles. The molecule has 1 N–H and O–H groups in total. The molecule has 1 aliphatic heterocycles. The number of fused-ring (bicyclic) bond motifs is 4. The first kappa shape index (κ1) is 23.5. The molecular formula is C28H35N5O2S. The molecule has 2 unspecified atom stereocenters. The molecule has 1 aliphatic carbocycles. The minimum Gasteiger partial charge on any atom is -0.444 e. The first-order valence-corrected chi connectivity index (χ1v) is 13.8. The molecule has 0 spiro atoms. The van der Waals surface area contributed by atoms with E-state index in [4.69, 9.17) is 4.74 Å². The van der Waals surface area contributed by atoms with Gasteiger partial charge < -0.3 is 14.6 Å². The Balaban J connectivity index is 1.33. The van der Waals surface area contributed by atoms with Crippen LogP contribution in [0, 0.1) is 18.8 Å². The summed E-state index contributed by atoms with van der Waals surface area (Å²) in [5.41, 5.74) is 6.48. The number of nitrogens with one attached hydrogen (secondary N) is 1. The second-order valence-electron chi connectivity index (χ2n) is 11.9. The lowest BCUT2D eigenvalue weighted by Crippen LogP contribution is -2.46. The average molecular weight is 506 g/mol. The molecule has 1 amide bonds. The quantitative estimate of drug-likeness (QED) is 0.335. The van der Waals surface area contributed by atoms with Gasteiger partial charge in [0.2, 0.25) is 0 Å². The van der Waals surface area contributed by atoms with Gasteiger partial charge in [0.25, 0.3) is 0 Å². The number of pyridine rings is 1. The molecule has 8 heteroatoms. The number of aromatic nitrogens is 4. The molecule has 0 radical (unpaired) electrons. The van der Waals surface area contributed by atoms with Crippen molar-refractivity contribution < 1.29 is 9.53 Å².